The van der Waals surface area contributed by atoms with E-state index >= 15 is 0 Å². The molecule has 0 bridgehead atoms. The van der Waals surface area contributed by atoms with E-state index in [0.29, 0.717) is 32.7 Å². The van der Waals surface area contributed by atoms with Crippen molar-refractivity contribution < 1.29 is 14.7 Å². The van der Waals surface area contributed by atoms with Crippen molar-refractivity contribution in [2.24, 2.45) is 16.8 Å². The van der Waals surface area contributed by atoms with Crippen LogP contribution in [0.4, 0.5) is 0 Å². The SMILES string of the molecule is CCOCCC(=O)N(CC)CC(C)C(N)=NO. The van der Waals surface area contributed by atoms with Gasteiger partial charge in [-0.3, -0.25) is 4.79 Å². The molecule has 1 unspecified atom stereocenters. The van der Waals surface area contributed by atoms with E-state index in [1.807, 2.05) is 20.8 Å². The molecular formula is C11H23N3O3. The Morgan fingerprint density at radius 3 is 2.65 bits per heavy atom. The predicted molar refractivity (Wildman–Crippen MR) is 65.9 cm³/mol. The zero-order valence-electron chi connectivity index (χ0n) is 10.8. The van der Waals surface area contributed by atoms with Gasteiger partial charge in [-0.05, 0) is 13.8 Å². The van der Waals surface area contributed by atoms with Gasteiger partial charge in [0.05, 0.1) is 13.0 Å². The molecule has 3 N–H and O–H groups in total. The highest BCUT2D eigenvalue weighted by molar-refractivity contribution is 5.83. The van der Waals surface area contributed by atoms with E-state index in [1.165, 1.54) is 0 Å². The third kappa shape index (κ3) is 6.11. The molecule has 0 saturated heterocycles. The van der Waals surface area contributed by atoms with Crippen LogP contribution in [0.3, 0.4) is 0 Å². The van der Waals surface area contributed by atoms with Crippen LogP contribution in [0.15, 0.2) is 5.16 Å². The summed E-state index contributed by atoms with van der Waals surface area (Å²) in [7, 11) is 0. The van der Waals surface area contributed by atoms with Gasteiger partial charge in [0, 0.05) is 25.6 Å². The summed E-state index contributed by atoms with van der Waals surface area (Å²) in [5.74, 6) is 0.00981. The van der Waals surface area contributed by atoms with E-state index in [-0.39, 0.29) is 17.7 Å². The van der Waals surface area contributed by atoms with Gasteiger partial charge in [0.2, 0.25) is 5.91 Å². The Labute approximate surface area is 102 Å². The molecule has 6 heteroatoms. The maximum Gasteiger partial charge on any atom is 0.224 e. The number of nitrogens with zero attached hydrogens (tertiary/aromatic N) is 2. The van der Waals surface area contributed by atoms with Gasteiger partial charge in [0.15, 0.2) is 0 Å². The van der Waals surface area contributed by atoms with Crippen LogP contribution in [0.1, 0.15) is 27.2 Å². The largest absolute Gasteiger partial charge is 0.409 e. The van der Waals surface area contributed by atoms with Crippen molar-refractivity contribution in [3.05, 3.63) is 0 Å². The molecule has 0 spiro atoms. The summed E-state index contributed by atoms with van der Waals surface area (Å²) in [5, 5.41) is 11.5. The fourth-order valence-electron chi connectivity index (χ4n) is 1.39. The highest BCUT2D eigenvalue weighted by atomic mass is 16.5. The second-order valence-electron chi connectivity index (χ2n) is 3.81. The van der Waals surface area contributed by atoms with E-state index < -0.39 is 0 Å². The summed E-state index contributed by atoms with van der Waals surface area (Å²) >= 11 is 0. The number of rotatable bonds is 8. The number of amides is 1. The van der Waals surface area contributed by atoms with Crippen molar-refractivity contribution in [2.75, 3.05) is 26.3 Å². The lowest BCUT2D eigenvalue weighted by molar-refractivity contribution is -0.132. The van der Waals surface area contributed by atoms with Gasteiger partial charge in [-0.15, -0.1) is 0 Å². The van der Waals surface area contributed by atoms with E-state index in [9.17, 15) is 4.79 Å². The number of nitrogens with two attached hydrogens (primary N) is 1. The molecule has 6 nitrogen and oxygen atoms in total. The minimum atomic E-state index is -0.156. The van der Waals surface area contributed by atoms with Crippen molar-refractivity contribution in [2.45, 2.75) is 27.2 Å². The average molecular weight is 245 g/mol. The molecule has 100 valence electrons. The van der Waals surface area contributed by atoms with Crippen molar-refractivity contribution in [3.8, 4) is 0 Å². The molecule has 1 amide bonds. The number of oxime groups is 1. The van der Waals surface area contributed by atoms with Crippen LogP contribution in [0.25, 0.3) is 0 Å². The summed E-state index contributed by atoms with van der Waals surface area (Å²) in [6.45, 7) is 7.71. The third-order valence-electron chi connectivity index (χ3n) is 2.51. The first-order valence-electron chi connectivity index (χ1n) is 5.89. The van der Waals surface area contributed by atoms with Crippen LogP contribution >= 0.6 is 0 Å². The first-order valence-corrected chi connectivity index (χ1v) is 5.89. The number of carbonyl (C=O) groups excluding carboxylic acids is 1. The van der Waals surface area contributed by atoms with Gasteiger partial charge < -0.3 is 20.6 Å². The molecule has 0 aliphatic heterocycles. The summed E-state index contributed by atoms with van der Waals surface area (Å²) in [5.41, 5.74) is 5.48. The minimum absolute atomic E-state index is 0.0264. The van der Waals surface area contributed by atoms with Crippen molar-refractivity contribution in [1.29, 1.82) is 0 Å². The van der Waals surface area contributed by atoms with Gasteiger partial charge in [-0.2, -0.15) is 0 Å². The molecule has 0 aliphatic carbocycles. The molecule has 0 rings (SSSR count). The molecule has 0 aromatic carbocycles. The minimum Gasteiger partial charge on any atom is -0.409 e. The van der Waals surface area contributed by atoms with Crippen molar-refractivity contribution in [1.82, 2.24) is 4.90 Å². The Balaban J connectivity index is 4.18. The Bertz CT molecular complexity index is 256. The molecule has 0 fully saturated rings. The van der Waals surface area contributed by atoms with Gasteiger partial charge in [-0.25, -0.2) is 0 Å². The lowest BCUT2D eigenvalue weighted by Crippen LogP contribution is -2.39. The van der Waals surface area contributed by atoms with Crippen LogP contribution in [0.5, 0.6) is 0 Å². The fraction of sp³-hybridized carbons (Fsp3) is 0.818. The molecule has 1 atom stereocenters. The molecule has 0 heterocycles. The third-order valence-corrected chi connectivity index (χ3v) is 2.51. The van der Waals surface area contributed by atoms with Crippen LogP contribution in [-0.2, 0) is 9.53 Å². The van der Waals surface area contributed by atoms with Crippen molar-refractivity contribution >= 4 is 11.7 Å². The van der Waals surface area contributed by atoms with Gasteiger partial charge in [-0.1, -0.05) is 12.1 Å². The van der Waals surface area contributed by atoms with E-state index in [1.54, 1.807) is 4.90 Å². The Morgan fingerprint density at radius 1 is 1.53 bits per heavy atom. The zero-order chi connectivity index (χ0) is 13.3. The number of amidine groups is 1. The summed E-state index contributed by atoms with van der Waals surface area (Å²) < 4.78 is 5.14. The number of ether oxygens (including phenoxy) is 1. The maximum atomic E-state index is 11.8. The molecule has 0 saturated carbocycles. The van der Waals surface area contributed by atoms with Crippen LogP contribution < -0.4 is 5.73 Å². The van der Waals surface area contributed by atoms with Crippen LogP contribution in [-0.4, -0.2) is 48.2 Å². The summed E-state index contributed by atoms with van der Waals surface area (Å²) in [6.07, 6.45) is 0.366. The number of carbonyl (C=O) groups is 1. The maximum absolute atomic E-state index is 11.8. The Hall–Kier alpha value is -1.30. The monoisotopic (exact) mass is 245 g/mol. The normalized spacial score (nSPS) is 13.5. The highest BCUT2D eigenvalue weighted by Gasteiger charge is 2.17. The number of hydrogen-bond acceptors (Lipinski definition) is 4. The second kappa shape index (κ2) is 8.81. The van der Waals surface area contributed by atoms with E-state index in [0.717, 1.165) is 0 Å². The lowest BCUT2D eigenvalue weighted by atomic mass is 10.1. The summed E-state index contributed by atoms with van der Waals surface area (Å²) in [4.78, 5) is 13.5. The quantitative estimate of drug-likeness (QED) is 0.216. The van der Waals surface area contributed by atoms with Gasteiger partial charge in [0.1, 0.15) is 5.84 Å². The standard InChI is InChI=1S/C11H23N3O3/c1-4-14(8-9(3)11(12)13-16)10(15)6-7-17-5-2/h9,16H,4-8H2,1-3H3,(H2,12,13). The van der Waals surface area contributed by atoms with E-state index in [4.69, 9.17) is 15.7 Å². The Morgan fingerprint density at radius 2 is 2.18 bits per heavy atom. The molecular weight excluding hydrogens is 222 g/mol. The fourth-order valence-corrected chi connectivity index (χ4v) is 1.39. The second-order valence-corrected chi connectivity index (χ2v) is 3.81. The molecule has 0 aromatic heterocycles. The average Bonchev–Trinajstić information content (AvgIpc) is 2.34. The lowest BCUT2D eigenvalue weighted by Gasteiger charge is -2.24. The highest BCUT2D eigenvalue weighted by Crippen LogP contribution is 2.03. The van der Waals surface area contributed by atoms with Gasteiger partial charge >= 0.3 is 0 Å². The predicted octanol–water partition coefficient (Wildman–Crippen LogP) is 0.644. The van der Waals surface area contributed by atoms with Crippen LogP contribution in [0, 0.1) is 5.92 Å². The first kappa shape index (κ1) is 15.7. The molecule has 17 heavy (non-hydrogen) atoms. The molecule has 0 aliphatic rings. The molecule has 0 aromatic rings. The Kier molecular flexibility index (Phi) is 8.13. The topological polar surface area (TPSA) is 88.2 Å². The van der Waals surface area contributed by atoms with Crippen LogP contribution in [0.2, 0.25) is 0 Å². The van der Waals surface area contributed by atoms with Gasteiger partial charge in [0.25, 0.3) is 0 Å². The number of hydrogen-bond donors (Lipinski definition) is 2. The van der Waals surface area contributed by atoms with Crippen molar-refractivity contribution in [3.63, 3.8) is 0 Å². The molecule has 0 radical (unpaired) electrons. The summed E-state index contributed by atoms with van der Waals surface area (Å²) in [6, 6.07) is 0. The van der Waals surface area contributed by atoms with E-state index in [2.05, 4.69) is 5.16 Å². The smallest absolute Gasteiger partial charge is 0.224 e. The first-order chi connectivity index (χ1) is 8.06. The zero-order valence-corrected chi connectivity index (χ0v) is 10.8.